The lowest BCUT2D eigenvalue weighted by Crippen LogP contribution is -2.43. The Morgan fingerprint density at radius 3 is 3.10 bits per heavy atom. The first-order valence-electron chi connectivity index (χ1n) is 6.77. The van der Waals surface area contributed by atoms with Crippen molar-refractivity contribution >= 4 is 22.8 Å². The van der Waals surface area contributed by atoms with Crippen LogP contribution in [0, 0.1) is 0 Å². The van der Waals surface area contributed by atoms with Gasteiger partial charge >= 0.3 is 0 Å². The molecule has 0 aromatic carbocycles. The highest BCUT2D eigenvalue weighted by Crippen LogP contribution is 2.28. The number of anilines is 1. The van der Waals surface area contributed by atoms with E-state index in [1.165, 1.54) is 10.2 Å². The lowest BCUT2D eigenvalue weighted by atomic mass is 10.1. The van der Waals surface area contributed by atoms with E-state index in [0.29, 0.717) is 5.65 Å². The Morgan fingerprint density at radius 1 is 1.29 bits per heavy atom. The average Bonchev–Trinajstić information content (AvgIpc) is 3.17. The van der Waals surface area contributed by atoms with E-state index < -0.39 is 0 Å². The summed E-state index contributed by atoms with van der Waals surface area (Å²) < 4.78 is 7.50. The number of tetrazole rings is 1. The zero-order valence-electron chi connectivity index (χ0n) is 11.5. The van der Waals surface area contributed by atoms with Crippen LogP contribution in [0.4, 0.5) is 5.82 Å². The number of fused-ring (bicyclic) bond motifs is 1. The van der Waals surface area contributed by atoms with Crippen LogP contribution in [0.25, 0.3) is 5.65 Å². The standard InChI is InChI=1S/C13H14N6OS/c1-9-6-18(7-11(20-9)10-4-5-21-8-10)13-3-2-12-14-16-17-19(12)15-13/h2-5,8-9,11H,6-7H2,1H3/t9-,11-/m0/s1. The number of thiophene rings is 1. The molecule has 1 fully saturated rings. The third-order valence-electron chi connectivity index (χ3n) is 3.55. The molecule has 2 atom stereocenters. The predicted octanol–water partition coefficient (Wildman–Crippen LogP) is 1.55. The summed E-state index contributed by atoms with van der Waals surface area (Å²) in [5, 5.41) is 20.0. The fraction of sp³-hybridized carbons (Fsp3) is 0.385. The monoisotopic (exact) mass is 302 g/mol. The maximum Gasteiger partial charge on any atom is 0.200 e. The van der Waals surface area contributed by atoms with Crippen molar-refractivity contribution in [2.75, 3.05) is 18.0 Å². The van der Waals surface area contributed by atoms with E-state index in [-0.39, 0.29) is 12.2 Å². The molecule has 8 heteroatoms. The molecule has 4 heterocycles. The van der Waals surface area contributed by atoms with Gasteiger partial charge in [-0.3, -0.25) is 0 Å². The second-order valence-electron chi connectivity index (χ2n) is 5.12. The first kappa shape index (κ1) is 12.7. The molecule has 0 aliphatic carbocycles. The van der Waals surface area contributed by atoms with Crippen LogP contribution in [0.15, 0.2) is 29.0 Å². The van der Waals surface area contributed by atoms with Crippen molar-refractivity contribution in [1.29, 1.82) is 0 Å². The zero-order chi connectivity index (χ0) is 14.2. The molecule has 0 saturated carbocycles. The van der Waals surface area contributed by atoms with E-state index in [1.54, 1.807) is 11.3 Å². The van der Waals surface area contributed by atoms with Gasteiger partial charge < -0.3 is 9.64 Å². The van der Waals surface area contributed by atoms with Gasteiger partial charge in [0.25, 0.3) is 0 Å². The van der Waals surface area contributed by atoms with Gasteiger partial charge in [-0.25, -0.2) is 0 Å². The van der Waals surface area contributed by atoms with Gasteiger partial charge in [-0.1, -0.05) is 0 Å². The van der Waals surface area contributed by atoms with E-state index >= 15 is 0 Å². The van der Waals surface area contributed by atoms with Crippen LogP contribution < -0.4 is 4.90 Å². The van der Waals surface area contributed by atoms with Crippen molar-refractivity contribution < 1.29 is 4.74 Å². The molecule has 108 valence electrons. The van der Waals surface area contributed by atoms with Gasteiger partial charge in [0.15, 0.2) is 11.5 Å². The highest BCUT2D eigenvalue weighted by atomic mass is 32.1. The molecule has 7 nitrogen and oxygen atoms in total. The molecule has 0 radical (unpaired) electrons. The zero-order valence-corrected chi connectivity index (χ0v) is 12.3. The number of morpholine rings is 1. The smallest absolute Gasteiger partial charge is 0.200 e. The minimum absolute atomic E-state index is 0.0753. The molecular formula is C13H14N6OS. The van der Waals surface area contributed by atoms with Gasteiger partial charge in [-0.2, -0.15) is 11.3 Å². The molecule has 3 aromatic heterocycles. The Hall–Kier alpha value is -2.06. The second-order valence-corrected chi connectivity index (χ2v) is 5.90. The molecule has 0 bridgehead atoms. The summed E-state index contributed by atoms with van der Waals surface area (Å²) in [5.41, 5.74) is 1.87. The van der Waals surface area contributed by atoms with Crippen molar-refractivity contribution in [3.8, 4) is 0 Å². The Morgan fingerprint density at radius 2 is 2.24 bits per heavy atom. The van der Waals surface area contributed by atoms with E-state index in [1.807, 2.05) is 12.1 Å². The van der Waals surface area contributed by atoms with E-state index in [0.717, 1.165) is 18.9 Å². The number of hydrogen-bond donors (Lipinski definition) is 0. The molecule has 21 heavy (non-hydrogen) atoms. The van der Waals surface area contributed by atoms with Gasteiger partial charge in [0.05, 0.1) is 6.10 Å². The summed E-state index contributed by atoms with van der Waals surface area (Å²) in [6.07, 6.45) is 0.224. The van der Waals surface area contributed by atoms with Crippen molar-refractivity contribution in [2.24, 2.45) is 0 Å². The van der Waals surface area contributed by atoms with Crippen molar-refractivity contribution in [3.63, 3.8) is 0 Å². The molecule has 3 aromatic rings. The maximum absolute atomic E-state index is 6.04. The van der Waals surface area contributed by atoms with Gasteiger partial charge in [0, 0.05) is 13.1 Å². The number of nitrogens with zero attached hydrogens (tertiary/aromatic N) is 6. The molecule has 1 aliphatic rings. The summed E-state index contributed by atoms with van der Waals surface area (Å²) in [6.45, 7) is 3.67. The van der Waals surface area contributed by atoms with Crippen LogP contribution in [0.3, 0.4) is 0 Å². The molecule has 4 rings (SSSR count). The summed E-state index contributed by atoms with van der Waals surface area (Å²) in [7, 11) is 0. The lowest BCUT2D eigenvalue weighted by Gasteiger charge is -2.37. The van der Waals surface area contributed by atoms with Crippen LogP contribution >= 0.6 is 11.3 Å². The number of ether oxygens (including phenoxy) is 1. The lowest BCUT2D eigenvalue weighted by molar-refractivity contribution is -0.0174. The van der Waals surface area contributed by atoms with E-state index in [2.05, 4.69) is 49.3 Å². The molecule has 0 amide bonds. The summed E-state index contributed by atoms with van der Waals surface area (Å²) in [6, 6.07) is 5.94. The van der Waals surface area contributed by atoms with Crippen LogP contribution in [0.2, 0.25) is 0 Å². The van der Waals surface area contributed by atoms with E-state index in [9.17, 15) is 0 Å². The average molecular weight is 302 g/mol. The van der Waals surface area contributed by atoms with Crippen LogP contribution in [-0.4, -0.2) is 44.4 Å². The second kappa shape index (κ2) is 5.05. The van der Waals surface area contributed by atoms with E-state index in [4.69, 9.17) is 4.74 Å². The summed E-state index contributed by atoms with van der Waals surface area (Å²) >= 11 is 1.69. The fourth-order valence-corrected chi connectivity index (χ4v) is 3.29. The Bertz CT molecular complexity index is 742. The molecular weight excluding hydrogens is 288 g/mol. The topological polar surface area (TPSA) is 68.4 Å². The highest BCUT2D eigenvalue weighted by molar-refractivity contribution is 7.07. The van der Waals surface area contributed by atoms with Crippen LogP contribution in [0.1, 0.15) is 18.6 Å². The Kier molecular flexibility index (Phi) is 3.04. The SMILES string of the molecule is C[C@H]1CN(c2ccc3nnnn3n2)C[C@@H](c2ccsc2)O1. The third-order valence-corrected chi connectivity index (χ3v) is 4.26. The highest BCUT2D eigenvalue weighted by Gasteiger charge is 2.27. The molecule has 0 N–H and O–H groups in total. The van der Waals surface area contributed by atoms with Gasteiger partial charge in [0.2, 0.25) is 0 Å². The van der Waals surface area contributed by atoms with Crippen LogP contribution in [0.5, 0.6) is 0 Å². The molecule has 0 unspecified atom stereocenters. The number of aromatic nitrogens is 5. The van der Waals surface area contributed by atoms with Crippen molar-refractivity contribution in [1.82, 2.24) is 25.3 Å². The Balaban J connectivity index is 1.63. The van der Waals surface area contributed by atoms with Crippen molar-refractivity contribution in [3.05, 3.63) is 34.5 Å². The number of hydrogen-bond acceptors (Lipinski definition) is 7. The fourth-order valence-electron chi connectivity index (χ4n) is 2.59. The maximum atomic E-state index is 6.04. The predicted molar refractivity (Wildman–Crippen MR) is 78.4 cm³/mol. The largest absolute Gasteiger partial charge is 0.367 e. The minimum atomic E-state index is 0.0753. The van der Waals surface area contributed by atoms with Gasteiger partial charge in [0.1, 0.15) is 6.10 Å². The summed E-state index contributed by atoms with van der Waals surface area (Å²) in [4.78, 5) is 2.22. The number of rotatable bonds is 2. The molecule has 1 aliphatic heterocycles. The molecule has 1 saturated heterocycles. The van der Waals surface area contributed by atoms with Crippen LogP contribution in [-0.2, 0) is 4.74 Å². The Labute approximate surface area is 125 Å². The minimum Gasteiger partial charge on any atom is -0.367 e. The van der Waals surface area contributed by atoms with Crippen molar-refractivity contribution in [2.45, 2.75) is 19.1 Å². The first-order chi connectivity index (χ1) is 10.3. The van der Waals surface area contributed by atoms with Gasteiger partial charge in [-0.05, 0) is 51.9 Å². The first-order valence-corrected chi connectivity index (χ1v) is 7.72. The summed E-state index contributed by atoms with van der Waals surface area (Å²) in [5.74, 6) is 0.866. The molecule has 0 spiro atoms. The quantitative estimate of drug-likeness (QED) is 0.715. The normalized spacial score (nSPS) is 22.8. The third kappa shape index (κ3) is 2.36. The van der Waals surface area contributed by atoms with Gasteiger partial charge in [-0.15, -0.1) is 14.8 Å².